The Morgan fingerprint density at radius 2 is 1.75 bits per heavy atom. The van der Waals surface area contributed by atoms with Gasteiger partial charge in [-0.3, -0.25) is 4.79 Å². The summed E-state index contributed by atoms with van der Waals surface area (Å²) in [6.07, 6.45) is -0.744. The highest BCUT2D eigenvalue weighted by molar-refractivity contribution is 14.0. The van der Waals surface area contributed by atoms with E-state index < -0.39 is 6.10 Å². The maximum Gasteiger partial charge on any atom is 0.253 e. The summed E-state index contributed by atoms with van der Waals surface area (Å²) >= 11 is 0. The normalized spacial score (nSPS) is 13.0. The fraction of sp³-hybridized carbons (Fsp3) is 0.417. The van der Waals surface area contributed by atoms with Gasteiger partial charge in [0.2, 0.25) is 0 Å². The number of amides is 1. The molecule has 7 nitrogen and oxygen atoms in total. The van der Waals surface area contributed by atoms with Crippen LogP contribution < -0.4 is 10.6 Å². The van der Waals surface area contributed by atoms with E-state index in [2.05, 4.69) is 15.6 Å². The predicted molar refractivity (Wildman–Crippen MR) is 140 cm³/mol. The fourth-order valence-electron chi connectivity index (χ4n) is 2.87. The molecule has 8 heteroatoms. The number of nitrogens with one attached hydrogen (secondary N) is 2. The number of hydrogen-bond acceptors (Lipinski definition) is 4. The van der Waals surface area contributed by atoms with Crippen molar-refractivity contribution in [3.8, 4) is 0 Å². The van der Waals surface area contributed by atoms with Crippen molar-refractivity contribution in [2.24, 2.45) is 4.99 Å². The molecule has 0 aliphatic carbocycles. The maximum absolute atomic E-state index is 12.0. The highest BCUT2D eigenvalue weighted by Crippen LogP contribution is 2.15. The van der Waals surface area contributed by atoms with Crippen molar-refractivity contribution in [3.63, 3.8) is 0 Å². The van der Waals surface area contributed by atoms with Gasteiger partial charge in [0.1, 0.15) is 0 Å². The van der Waals surface area contributed by atoms with Gasteiger partial charge < -0.3 is 25.4 Å². The zero-order chi connectivity index (χ0) is 22.6. The molecule has 0 saturated carbocycles. The van der Waals surface area contributed by atoms with Crippen LogP contribution in [-0.4, -0.2) is 61.8 Å². The van der Waals surface area contributed by atoms with Crippen LogP contribution in [0.3, 0.4) is 0 Å². The second kappa shape index (κ2) is 14.8. The third-order valence-electron chi connectivity index (χ3n) is 4.68. The molecule has 2 unspecified atom stereocenters. The van der Waals surface area contributed by atoms with Gasteiger partial charge in [0, 0.05) is 32.7 Å². The minimum atomic E-state index is -0.661. The fourth-order valence-corrected chi connectivity index (χ4v) is 2.87. The number of carbonyl (C=O) groups is 1. The smallest absolute Gasteiger partial charge is 0.253 e. The summed E-state index contributed by atoms with van der Waals surface area (Å²) in [5.74, 6) is 0.592. The van der Waals surface area contributed by atoms with E-state index in [1.54, 1.807) is 19.0 Å². The Morgan fingerprint density at radius 3 is 2.34 bits per heavy atom. The Morgan fingerprint density at radius 1 is 1.09 bits per heavy atom. The van der Waals surface area contributed by atoms with E-state index in [0.29, 0.717) is 31.2 Å². The van der Waals surface area contributed by atoms with Crippen LogP contribution in [0.4, 0.5) is 0 Å². The minimum Gasteiger partial charge on any atom is -0.389 e. The molecule has 0 heterocycles. The van der Waals surface area contributed by atoms with Crippen molar-refractivity contribution in [3.05, 3.63) is 71.3 Å². The van der Waals surface area contributed by atoms with Crippen LogP contribution in [0, 0.1) is 0 Å². The van der Waals surface area contributed by atoms with Crippen molar-refractivity contribution in [2.45, 2.75) is 32.6 Å². The van der Waals surface area contributed by atoms with Gasteiger partial charge in [0.15, 0.2) is 5.96 Å². The van der Waals surface area contributed by atoms with Crippen molar-refractivity contribution in [1.82, 2.24) is 15.5 Å². The van der Waals surface area contributed by atoms with Gasteiger partial charge in [-0.15, -0.1) is 24.0 Å². The average Bonchev–Trinajstić information content (AvgIpc) is 2.79. The average molecular weight is 554 g/mol. The topological polar surface area (TPSA) is 86.2 Å². The summed E-state index contributed by atoms with van der Waals surface area (Å²) in [7, 11) is 3.47. The number of carbonyl (C=O) groups excluding carboxylic acids is 1. The van der Waals surface area contributed by atoms with E-state index in [9.17, 15) is 9.90 Å². The van der Waals surface area contributed by atoms with E-state index in [1.165, 1.54) is 0 Å². The molecular formula is C24H35IN4O3. The zero-order valence-corrected chi connectivity index (χ0v) is 21.6. The number of benzene rings is 2. The molecule has 0 spiro atoms. The van der Waals surface area contributed by atoms with Crippen molar-refractivity contribution in [2.75, 3.05) is 33.8 Å². The molecule has 0 aliphatic rings. The van der Waals surface area contributed by atoms with E-state index in [-0.39, 0.29) is 42.6 Å². The first-order valence-corrected chi connectivity index (χ1v) is 10.6. The first-order valence-electron chi connectivity index (χ1n) is 10.6. The second-order valence-electron chi connectivity index (χ2n) is 7.51. The van der Waals surface area contributed by atoms with Gasteiger partial charge in [-0.05, 0) is 37.1 Å². The Labute approximate surface area is 208 Å². The van der Waals surface area contributed by atoms with E-state index in [4.69, 9.17) is 4.74 Å². The lowest BCUT2D eigenvalue weighted by molar-refractivity contribution is -0.000599. The minimum absolute atomic E-state index is 0. The molecule has 2 rings (SSSR count). The van der Waals surface area contributed by atoms with E-state index in [0.717, 1.165) is 11.1 Å². The van der Waals surface area contributed by atoms with Gasteiger partial charge in [0.25, 0.3) is 5.91 Å². The standard InChI is InChI=1S/C24H34N4O3.HI/c1-5-25-24(26-15-19-11-13-21(14-12-19)23(30)28(3)4)27-16-22(29)17-31-18(2)20-9-7-6-8-10-20;/h6-14,18,22,29H,5,15-17H2,1-4H3,(H2,25,26,27);1H. The third-order valence-corrected chi connectivity index (χ3v) is 4.68. The Balaban J connectivity index is 0.00000512. The van der Waals surface area contributed by atoms with Gasteiger partial charge in [0.05, 0.1) is 25.4 Å². The van der Waals surface area contributed by atoms with Crippen LogP contribution in [0.15, 0.2) is 59.6 Å². The number of guanidine groups is 1. The van der Waals surface area contributed by atoms with Crippen molar-refractivity contribution in [1.29, 1.82) is 0 Å². The summed E-state index contributed by atoms with van der Waals surface area (Å²) in [5, 5.41) is 16.6. The molecule has 1 amide bonds. The van der Waals surface area contributed by atoms with Crippen LogP contribution in [0.2, 0.25) is 0 Å². The third kappa shape index (κ3) is 9.54. The molecule has 3 N–H and O–H groups in total. The molecule has 0 radical (unpaired) electrons. The zero-order valence-electron chi connectivity index (χ0n) is 19.2. The second-order valence-corrected chi connectivity index (χ2v) is 7.51. The summed E-state index contributed by atoms with van der Waals surface area (Å²) in [6, 6.07) is 17.3. The largest absolute Gasteiger partial charge is 0.389 e. The highest BCUT2D eigenvalue weighted by Gasteiger charge is 2.11. The SMILES string of the molecule is CCNC(=NCc1ccc(C(=O)N(C)C)cc1)NCC(O)COC(C)c1ccccc1.I. The van der Waals surface area contributed by atoms with Gasteiger partial charge in [-0.25, -0.2) is 4.99 Å². The lowest BCUT2D eigenvalue weighted by atomic mass is 10.1. The van der Waals surface area contributed by atoms with Gasteiger partial charge in [-0.2, -0.15) is 0 Å². The highest BCUT2D eigenvalue weighted by atomic mass is 127. The summed E-state index contributed by atoms with van der Waals surface area (Å²) in [4.78, 5) is 18.1. The molecule has 2 aromatic rings. The molecule has 2 aromatic carbocycles. The number of aliphatic hydroxyl groups excluding tert-OH is 1. The van der Waals surface area contributed by atoms with Crippen LogP contribution in [0.5, 0.6) is 0 Å². The molecule has 0 aliphatic heterocycles. The number of ether oxygens (including phenoxy) is 1. The van der Waals surface area contributed by atoms with Gasteiger partial charge in [-0.1, -0.05) is 42.5 Å². The first-order chi connectivity index (χ1) is 14.9. The summed E-state index contributed by atoms with van der Waals surface area (Å²) in [5.41, 5.74) is 2.72. The summed E-state index contributed by atoms with van der Waals surface area (Å²) in [6.45, 7) is 5.68. The first kappa shape index (κ1) is 27.9. The van der Waals surface area contributed by atoms with Crippen LogP contribution >= 0.6 is 24.0 Å². The van der Waals surface area contributed by atoms with E-state index in [1.807, 2.05) is 68.4 Å². The number of aliphatic imine (C=N–C) groups is 1. The maximum atomic E-state index is 12.0. The van der Waals surface area contributed by atoms with Crippen LogP contribution in [0.1, 0.15) is 41.4 Å². The Kier molecular flexibility index (Phi) is 12.9. The molecule has 2 atom stereocenters. The number of hydrogen-bond donors (Lipinski definition) is 3. The summed E-state index contributed by atoms with van der Waals surface area (Å²) < 4.78 is 5.78. The molecule has 32 heavy (non-hydrogen) atoms. The van der Waals surface area contributed by atoms with Crippen LogP contribution in [0.25, 0.3) is 0 Å². The Hall–Kier alpha value is -2.17. The number of halogens is 1. The molecule has 176 valence electrons. The van der Waals surface area contributed by atoms with Gasteiger partial charge >= 0.3 is 0 Å². The molecular weight excluding hydrogens is 519 g/mol. The molecule has 0 aromatic heterocycles. The van der Waals surface area contributed by atoms with Crippen molar-refractivity contribution >= 4 is 35.8 Å². The molecule has 0 fully saturated rings. The number of aliphatic hydroxyl groups is 1. The number of nitrogens with zero attached hydrogens (tertiary/aromatic N) is 2. The van der Waals surface area contributed by atoms with E-state index >= 15 is 0 Å². The molecule has 0 bridgehead atoms. The lowest BCUT2D eigenvalue weighted by Gasteiger charge is -2.18. The molecule has 0 saturated heterocycles. The predicted octanol–water partition coefficient (Wildman–Crippen LogP) is 3.20. The number of rotatable bonds is 10. The quantitative estimate of drug-likeness (QED) is 0.239. The van der Waals surface area contributed by atoms with Crippen molar-refractivity contribution < 1.29 is 14.6 Å². The Bertz CT molecular complexity index is 829. The monoisotopic (exact) mass is 554 g/mol. The van der Waals surface area contributed by atoms with Crippen LogP contribution in [-0.2, 0) is 11.3 Å². The lowest BCUT2D eigenvalue weighted by Crippen LogP contribution is -2.42.